The molecule has 1 amide bonds. The summed E-state index contributed by atoms with van der Waals surface area (Å²) >= 11 is 0. The van der Waals surface area contributed by atoms with Crippen LogP contribution in [0.4, 0.5) is 0 Å². The van der Waals surface area contributed by atoms with Gasteiger partial charge in [-0.05, 0) is 6.92 Å². The molecule has 0 bridgehead atoms. The molecule has 1 saturated heterocycles. The number of hydrogen-bond acceptors (Lipinski definition) is 6. The fourth-order valence-corrected chi connectivity index (χ4v) is 3.45. The van der Waals surface area contributed by atoms with Crippen molar-refractivity contribution in [3.05, 3.63) is 41.6 Å². The van der Waals surface area contributed by atoms with Crippen molar-refractivity contribution in [2.45, 2.75) is 6.92 Å². The van der Waals surface area contributed by atoms with Gasteiger partial charge in [0.25, 0.3) is 5.91 Å². The Morgan fingerprint density at radius 2 is 1.81 bits per heavy atom. The van der Waals surface area contributed by atoms with E-state index in [1.54, 1.807) is 11.0 Å². The van der Waals surface area contributed by atoms with Gasteiger partial charge in [0.1, 0.15) is 9.84 Å². The molecule has 0 N–H and O–H groups in total. The molecule has 2 heterocycles. The van der Waals surface area contributed by atoms with Gasteiger partial charge in [-0.15, -0.1) is 0 Å². The molecule has 3 rings (SSSR count). The van der Waals surface area contributed by atoms with Crippen LogP contribution in [0.3, 0.4) is 0 Å². The number of carbonyl (C=O) groups is 1. The molecule has 26 heavy (non-hydrogen) atoms. The van der Waals surface area contributed by atoms with E-state index in [-0.39, 0.29) is 11.7 Å². The summed E-state index contributed by atoms with van der Waals surface area (Å²) in [5.74, 6) is 0.555. The number of amides is 1. The largest absolute Gasteiger partial charge is 0.355 e. The van der Waals surface area contributed by atoms with Crippen LogP contribution >= 0.6 is 0 Å². The highest BCUT2D eigenvalue weighted by molar-refractivity contribution is 7.90. The molecule has 0 aliphatic carbocycles. The lowest BCUT2D eigenvalue weighted by molar-refractivity contribution is 0.0634. The second-order valence-electron chi connectivity index (χ2n) is 6.71. The first-order chi connectivity index (χ1) is 12.3. The number of aryl methyl sites for hydroxylation is 1. The summed E-state index contributed by atoms with van der Waals surface area (Å²) < 4.78 is 27.8. The van der Waals surface area contributed by atoms with Crippen LogP contribution < -0.4 is 0 Å². The van der Waals surface area contributed by atoms with E-state index in [1.165, 1.54) is 6.26 Å². The van der Waals surface area contributed by atoms with E-state index in [2.05, 4.69) is 10.1 Å². The lowest BCUT2D eigenvalue weighted by Crippen LogP contribution is -2.49. The molecule has 2 aromatic rings. The quantitative estimate of drug-likeness (QED) is 0.784. The maximum Gasteiger partial charge on any atom is 0.276 e. The number of piperazine rings is 1. The smallest absolute Gasteiger partial charge is 0.276 e. The average Bonchev–Trinajstić information content (AvgIpc) is 3.10. The third-order valence-electron chi connectivity index (χ3n) is 4.50. The standard InChI is InChI=1S/C18H23N3O4S/c1-14-3-5-15(6-4-14)17-13-16(19-25-17)18(22)21-9-7-20(8-10-21)11-12-26(2,23)24/h3-6,13H,7-12H2,1-2H3. The molecule has 1 fully saturated rings. The topological polar surface area (TPSA) is 83.7 Å². The van der Waals surface area contributed by atoms with E-state index in [4.69, 9.17) is 4.52 Å². The molecular formula is C18H23N3O4S. The van der Waals surface area contributed by atoms with Gasteiger partial charge in [-0.2, -0.15) is 0 Å². The second kappa shape index (κ2) is 7.59. The van der Waals surface area contributed by atoms with Crippen molar-refractivity contribution in [2.24, 2.45) is 0 Å². The summed E-state index contributed by atoms with van der Waals surface area (Å²) in [6, 6.07) is 9.50. The van der Waals surface area contributed by atoms with Gasteiger partial charge < -0.3 is 9.42 Å². The van der Waals surface area contributed by atoms with Crippen molar-refractivity contribution in [1.29, 1.82) is 0 Å². The first-order valence-corrected chi connectivity index (χ1v) is 10.6. The molecule has 1 aliphatic heterocycles. The summed E-state index contributed by atoms with van der Waals surface area (Å²) in [7, 11) is -2.97. The fourth-order valence-electron chi connectivity index (χ4n) is 2.86. The van der Waals surface area contributed by atoms with Crippen LogP contribution in [0, 0.1) is 6.92 Å². The Morgan fingerprint density at radius 1 is 1.15 bits per heavy atom. The SMILES string of the molecule is Cc1ccc(-c2cc(C(=O)N3CCN(CCS(C)(=O)=O)CC3)no2)cc1. The summed E-state index contributed by atoms with van der Waals surface area (Å²) in [6.45, 7) is 4.93. The van der Waals surface area contributed by atoms with Gasteiger partial charge in [-0.25, -0.2) is 8.42 Å². The molecule has 1 aromatic carbocycles. The van der Waals surface area contributed by atoms with Crippen LogP contribution in [0.15, 0.2) is 34.9 Å². The van der Waals surface area contributed by atoms with Gasteiger partial charge in [0.2, 0.25) is 0 Å². The van der Waals surface area contributed by atoms with E-state index in [1.807, 2.05) is 31.2 Å². The first kappa shape index (κ1) is 18.6. The molecule has 140 valence electrons. The normalized spacial score (nSPS) is 16.0. The maximum absolute atomic E-state index is 12.6. The summed E-state index contributed by atoms with van der Waals surface area (Å²) in [5.41, 5.74) is 2.33. The Labute approximate surface area is 153 Å². The molecule has 1 aliphatic rings. The summed E-state index contributed by atoms with van der Waals surface area (Å²) in [5, 5.41) is 3.92. The van der Waals surface area contributed by atoms with Gasteiger partial charge in [0.15, 0.2) is 11.5 Å². The number of benzene rings is 1. The molecule has 0 unspecified atom stereocenters. The van der Waals surface area contributed by atoms with Crippen LogP contribution in [-0.4, -0.2) is 74.0 Å². The zero-order chi connectivity index (χ0) is 18.7. The minimum absolute atomic E-state index is 0.143. The minimum atomic E-state index is -2.97. The monoisotopic (exact) mass is 377 g/mol. The van der Waals surface area contributed by atoms with E-state index < -0.39 is 9.84 Å². The van der Waals surface area contributed by atoms with E-state index >= 15 is 0 Å². The van der Waals surface area contributed by atoms with E-state index in [0.717, 1.165) is 11.1 Å². The Balaban J connectivity index is 1.58. The van der Waals surface area contributed by atoms with Gasteiger partial charge >= 0.3 is 0 Å². The van der Waals surface area contributed by atoms with E-state index in [9.17, 15) is 13.2 Å². The van der Waals surface area contributed by atoms with Gasteiger partial charge in [0.05, 0.1) is 5.75 Å². The van der Waals surface area contributed by atoms with E-state index in [0.29, 0.717) is 44.2 Å². The maximum atomic E-state index is 12.6. The van der Waals surface area contributed by atoms with Crippen molar-refractivity contribution in [3.63, 3.8) is 0 Å². The van der Waals surface area contributed by atoms with Gasteiger partial charge in [0, 0.05) is 50.6 Å². The molecule has 8 heteroatoms. The number of rotatable bonds is 5. The predicted octanol–water partition coefficient (Wildman–Crippen LogP) is 1.45. The van der Waals surface area contributed by atoms with Crippen LogP contribution in [0.5, 0.6) is 0 Å². The van der Waals surface area contributed by atoms with Gasteiger partial charge in [-0.1, -0.05) is 35.0 Å². The highest BCUT2D eigenvalue weighted by Gasteiger charge is 2.25. The first-order valence-electron chi connectivity index (χ1n) is 8.55. The van der Waals surface area contributed by atoms with Crippen LogP contribution in [-0.2, 0) is 9.84 Å². The number of hydrogen-bond donors (Lipinski definition) is 0. The molecular weight excluding hydrogens is 354 g/mol. The number of carbonyl (C=O) groups excluding carboxylic acids is 1. The van der Waals surface area contributed by atoms with Gasteiger partial charge in [-0.3, -0.25) is 9.69 Å². The number of aromatic nitrogens is 1. The van der Waals surface area contributed by atoms with Crippen LogP contribution in [0.25, 0.3) is 11.3 Å². The molecule has 0 radical (unpaired) electrons. The van der Waals surface area contributed by atoms with Crippen molar-refractivity contribution in [1.82, 2.24) is 15.0 Å². The molecule has 0 saturated carbocycles. The number of nitrogens with zero attached hydrogens (tertiary/aromatic N) is 3. The second-order valence-corrected chi connectivity index (χ2v) is 8.97. The zero-order valence-corrected chi connectivity index (χ0v) is 15.8. The van der Waals surface area contributed by atoms with Crippen molar-refractivity contribution < 1.29 is 17.7 Å². The molecule has 7 nitrogen and oxygen atoms in total. The Morgan fingerprint density at radius 3 is 2.42 bits per heavy atom. The Kier molecular flexibility index (Phi) is 5.43. The Hall–Kier alpha value is -2.19. The van der Waals surface area contributed by atoms with Crippen LogP contribution in [0.2, 0.25) is 0 Å². The summed E-state index contributed by atoms with van der Waals surface area (Å²) in [6.07, 6.45) is 1.24. The highest BCUT2D eigenvalue weighted by Crippen LogP contribution is 2.21. The Bertz CT molecular complexity index is 866. The zero-order valence-electron chi connectivity index (χ0n) is 15.0. The summed E-state index contributed by atoms with van der Waals surface area (Å²) in [4.78, 5) is 16.4. The lowest BCUT2D eigenvalue weighted by Gasteiger charge is -2.34. The average molecular weight is 377 g/mol. The molecule has 1 aromatic heterocycles. The van der Waals surface area contributed by atoms with Crippen LogP contribution in [0.1, 0.15) is 16.1 Å². The highest BCUT2D eigenvalue weighted by atomic mass is 32.2. The third kappa shape index (κ3) is 4.70. The van der Waals surface area contributed by atoms with Crippen molar-refractivity contribution >= 4 is 15.7 Å². The molecule has 0 atom stereocenters. The third-order valence-corrected chi connectivity index (χ3v) is 5.43. The minimum Gasteiger partial charge on any atom is -0.355 e. The molecule has 0 spiro atoms. The predicted molar refractivity (Wildman–Crippen MR) is 98.7 cm³/mol. The number of sulfone groups is 1. The van der Waals surface area contributed by atoms with Crippen molar-refractivity contribution in [2.75, 3.05) is 44.7 Å². The van der Waals surface area contributed by atoms with Crippen molar-refractivity contribution in [3.8, 4) is 11.3 Å². The fraction of sp³-hybridized carbons (Fsp3) is 0.444. The lowest BCUT2D eigenvalue weighted by atomic mass is 10.1.